The van der Waals surface area contributed by atoms with Gasteiger partial charge in [-0.05, 0) is 77.1 Å². The van der Waals surface area contributed by atoms with Gasteiger partial charge in [0, 0.05) is 24.8 Å². The van der Waals surface area contributed by atoms with Gasteiger partial charge in [-0.25, -0.2) is 0 Å². The van der Waals surface area contributed by atoms with Gasteiger partial charge >= 0.3 is 0 Å². The third-order valence-electron chi connectivity index (χ3n) is 11.3. The van der Waals surface area contributed by atoms with E-state index >= 15 is 0 Å². The maximum atomic E-state index is 14.3. The average Bonchev–Trinajstić information content (AvgIpc) is 3.34. The van der Waals surface area contributed by atoms with Crippen molar-refractivity contribution in [2.45, 2.75) is 133 Å². The molecule has 1 aromatic carbocycles. The Bertz CT molecular complexity index is 2090. The van der Waals surface area contributed by atoms with Crippen LogP contribution in [-0.2, 0) is 54.4 Å². The average molecular weight is 1030 g/mol. The van der Waals surface area contributed by atoms with E-state index in [1.54, 1.807) is 44.2 Å². The first-order chi connectivity index (χ1) is 34.5. The molecule has 2 rings (SSSR count). The fraction of sp³-hybridized carbons (Fsp3) is 0.587. The first-order valence-corrected chi connectivity index (χ1v) is 23.8. The van der Waals surface area contributed by atoms with Crippen molar-refractivity contribution < 1.29 is 63.3 Å². The summed E-state index contributed by atoms with van der Waals surface area (Å²) in [5.74, 6) is -10.1. The van der Waals surface area contributed by atoms with Gasteiger partial charge in [-0.1, -0.05) is 50.8 Å². The molecule has 1 aliphatic heterocycles. The zero-order chi connectivity index (χ0) is 54.9. The minimum absolute atomic E-state index is 0.0424. The lowest BCUT2D eigenvalue weighted by molar-refractivity contribution is -0.136. The quantitative estimate of drug-likeness (QED) is 0.0426. The largest absolute Gasteiger partial charge is 0.394 e. The van der Waals surface area contributed by atoms with Gasteiger partial charge in [-0.15, -0.1) is 0 Å². The van der Waals surface area contributed by atoms with Crippen LogP contribution in [0.15, 0.2) is 42.5 Å². The third kappa shape index (κ3) is 20.6. The lowest BCUT2D eigenvalue weighted by atomic mass is 10.00. The second-order valence-corrected chi connectivity index (χ2v) is 17.8. The minimum atomic E-state index is -1.86. The number of aliphatic hydroxyl groups excluding tert-OH is 3. The van der Waals surface area contributed by atoms with Crippen molar-refractivity contribution in [1.82, 2.24) is 53.2 Å². The fourth-order valence-electron chi connectivity index (χ4n) is 7.24. The maximum Gasteiger partial charge on any atom is 0.252 e. The Labute approximate surface area is 423 Å². The topological polar surface area (TPSA) is 454 Å². The van der Waals surface area contributed by atoms with Gasteiger partial charge in [0.1, 0.15) is 54.4 Å². The Kier molecular flexibility index (Phi) is 26.9. The number of carbonyl (C=O) groups is 10. The molecule has 0 aromatic heterocycles. The zero-order valence-electron chi connectivity index (χ0n) is 41.5. The Morgan fingerprint density at radius 1 is 0.699 bits per heavy atom. The monoisotopic (exact) mass is 1030 g/mol. The molecule has 0 radical (unpaired) electrons. The molecular weight excluding hydrogens is 957 g/mol. The lowest BCUT2D eigenvalue weighted by Crippen LogP contribution is -2.61. The third-order valence-corrected chi connectivity index (χ3v) is 11.3. The highest BCUT2D eigenvalue weighted by Crippen LogP contribution is 2.11. The first-order valence-electron chi connectivity index (χ1n) is 23.8. The second kappa shape index (κ2) is 31.5. The van der Waals surface area contributed by atoms with Gasteiger partial charge < -0.3 is 91.1 Å². The van der Waals surface area contributed by atoms with E-state index in [9.17, 15) is 63.3 Å². The van der Waals surface area contributed by atoms with E-state index in [-0.39, 0.29) is 63.2 Å². The number of nitrogens with one attached hydrogen (secondary N) is 11. The van der Waals surface area contributed by atoms with Crippen LogP contribution in [0.2, 0.25) is 0 Å². The molecule has 1 fully saturated rings. The van der Waals surface area contributed by atoms with E-state index in [2.05, 4.69) is 59.7 Å². The van der Waals surface area contributed by atoms with Crippen LogP contribution in [0.5, 0.6) is 0 Å². The number of rotatable bonds is 20. The fourth-order valence-corrected chi connectivity index (χ4v) is 7.24. The molecule has 1 aliphatic rings. The van der Waals surface area contributed by atoms with Crippen molar-refractivity contribution in [3.05, 3.63) is 48.0 Å². The van der Waals surface area contributed by atoms with Crippen LogP contribution in [-0.4, -0.2) is 180 Å². The van der Waals surface area contributed by atoms with E-state index in [0.29, 0.717) is 11.8 Å². The summed E-state index contributed by atoms with van der Waals surface area (Å²) in [7, 11) is 0. The lowest BCUT2D eigenvalue weighted by Gasteiger charge is -2.28. The molecule has 10 amide bonds. The van der Waals surface area contributed by atoms with Crippen molar-refractivity contribution in [2.75, 3.05) is 32.8 Å². The van der Waals surface area contributed by atoms with Crippen LogP contribution < -0.4 is 70.4 Å². The van der Waals surface area contributed by atoms with E-state index in [4.69, 9.17) is 22.6 Å². The molecule has 0 unspecified atom stereocenters. The summed E-state index contributed by atoms with van der Waals surface area (Å²) in [6, 6.07) is -5.51. The van der Waals surface area contributed by atoms with E-state index in [1.165, 1.54) is 6.92 Å². The number of carbonyl (C=O) groups excluding carboxylic acids is 10. The predicted octanol–water partition coefficient (Wildman–Crippen LogP) is -6.84. The Balaban J connectivity index is 2.73. The van der Waals surface area contributed by atoms with Crippen LogP contribution in [0.4, 0.5) is 0 Å². The molecule has 0 spiro atoms. The molecule has 1 saturated heterocycles. The summed E-state index contributed by atoms with van der Waals surface area (Å²) in [5.41, 5.74) is 17.7. The molecule has 0 aliphatic carbocycles. The van der Waals surface area contributed by atoms with E-state index < -0.39 is 145 Å². The molecule has 27 heteroatoms. The zero-order valence-corrected chi connectivity index (χ0v) is 41.5. The van der Waals surface area contributed by atoms with Crippen LogP contribution in [0, 0.1) is 11.3 Å². The Morgan fingerprint density at radius 3 is 1.66 bits per heavy atom. The molecule has 0 saturated carbocycles. The van der Waals surface area contributed by atoms with Crippen molar-refractivity contribution >= 4 is 65.3 Å². The summed E-state index contributed by atoms with van der Waals surface area (Å²) in [4.78, 5) is 137. The van der Waals surface area contributed by atoms with Crippen LogP contribution in [0.3, 0.4) is 0 Å². The van der Waals surface area contributed by atoms with Gasteiger partial charge in [-0.2, -0.15) is 0 Å². The minimum Gasteiger partial charge on any atom is -0.394 e. The van der Waals surface area contributed by atoms with Gasteiger partial charge in [0.05, 0.1) is 18.8 Å². The highest BCUT2D eigenvalue weighted by atomic mass is 16.3. The van der Waals surface area contributed by atoms with Crippen LogP contribution >= 0.6 is 0 Å². The number of aliphatic hydroxyl groups is 3. The highest BCUT2D eigenvalue weighted by Gasteiger charge is 2.37. The molecule has 11 atom stereocenters. The molecule has 73 heavy (non-hydrogen) atoms. The molecule has 406 valence electrons. The van der Waals surface area contributed by atoms with Crippen molar-refractivity contribution in [3.63, 3.8) is 0 Å². The van der Waals surface area contributed by atoms with Crippen molar-refractivity contribution in [1.29, 1.82) is 5.41 Å². The Hall–Kier alpha value is -6.91. The molecular formula is C46H74N14O13. The summed E-state index contributed by atoms with van der Waals surface area (Å²) < 4.78 is 0. The second-order valence-electron chi connectivity index (χ2n) is 17.8. The molecule has 0 bridgehead atoms. The number of amides is 10. The molecule has 20 N–H and O–H groups in total. The summed E-state index contributed by atoms with van der Waals surface area (Å²) >= 11 is 0. The number of benzene rings is 1. The maximum absolute atomic E-state index is 14.3. The van der Waals surface area contributed by atoms with Crippen LogP contribution in [0.1, 0.15) is 65.4 Å². The SMILES string of the molecule is C=C(C=N)C(=O)N[C@H](C(=O)N[C@H](CO)C(=O)N[C@H]1CCNC(=O)[C@H]([C@@H](C)O)NC(=O)[C@H](CCN)NC(=O)[C@H](CCN)NC(=O)[C@H](CC(C)C)NC(=O)[C@@H](Cc2ccccc2)NC(=O)[C@H](CCN)NC1=O)[C@@H](C)O. The summed E-state index contributed by atoms with van der Waals surface area (Å²) in [6.45, 7) is 7.15. The predicted molar refractivity (Wildman–Crippen MR) is 264 cm³/mol. The smallest absolute Gasteiger partial charge is 0.252 e. The molecule has 27 nitrogen and oxygen atoms in total. The standard InChI is InChI=1S/C46H74N14O13/c1-23(2)19-32-42(69)54-28(11-15-47)38(65)53-30(13-17-49)41(68)60-35(25(4)62)45(72)51-18-14-31(55-44(71)34(22-61)58-46(73)36(26(5)63)59-37(64)24(3)21-50)40(67)52-29(12-16-48)39(66)57-33(43(70)56-32)20-27-9-7-6-8-10-27/h6-10,21,23,25-26,28-36,50,61-63H,3,11-20,22,47-49H2,1-2,4-5H3,(H,51,72)(H,52,67)(H,53,65)(H,54,69)(H,55,71)(H,56,70)(H,57,66)(H,58,73)(H,59,64)(H,60,68)/t25-,26-,28+,29+,30+,31+,32+,33-,34-,35+,36+/m1/s1. The van der Waals surface area contributed by atoms with Gasteiger partial charge in [-0.3, -0.25) is 47.9 Å². The van der Waals surface area contributed by atoms with Crippen molar-refractivity contribution in [3.8, 4) is 0 Å². The van der Waals surface area contributed by atoms with E-state index in [0.717, 1.165) is 6.92 Å². The first kappa shape index (κ1) is 62.2. The van der Waals surface area contributed by atoms with Crippen molar-refractivity contribution in [2.24, 2.45) is 23.1 Å². The highest BCUT2D eigenvalue weighted by molar-refractivity contribution is 6.11. The van der Waals surface area contributed by atoms with Gasteiger partial charge in [0.2, 0.25) is 53.2 Å². The number of hydrogen-bond acceptors (Lipinski definition) is 17. The summed E-state index contributed by atoms with van der Waals surface area (Å²) in [6.07, 6.45) is -3.69. The van der Waals surface area contributed by atoms with E-state index in [1.807, 2.05) is 0 Å². The Morgan fingerprint density at radius 2 is 1.18 bits per heavy atom. The normalized spacial score (nSPS) is 23.8. The number of hydrogen-bond donors (Lipinski definition) is 17. The molecule has 1 heterocycles. The van der Waals surface area contributed by atoms with Gasteiger partial charge in [0.25, 0.3) is 5.91 Å². The summed E-state index contributed by atoms with van der Waals surface area (Å²) in [5, 5.41) is 62.8. The molecule has 1 aromatic rings. The van der Waals surface area contributed by atoms with Gasteiger partial charge in [0.15, 0.2) is 0 Å². The van der Waals surface area contributed by atoms with Crippen LogP contribution in [0.25, 0.3) is 0 Å². The number of nitrogens with two attached hydrogens (primary N) is 3.